The Bertz CT molecular complexity index is 1620. The Balaban J connectivity index is 1.33. The molecule has 1 unspecified atom stereocenters. The zero-order valence-electron chi connectivity index (χ0n) is 22.4. The van der Waals surface area contributed by atoms with Crippen LogP contribution in [-0.4, -0.2) is 53.3 Å². The first kappa shape index (κ1) is 28.0. The number of nitrogens with one attached hydrogen (secondary N) is 1. The van der Waals surface area contributed by atoms with Gasteiger partial charge < -0.3 is 5.32 Å². The van der Waals surface area contributed by atoms with Crippen molar-refractivity contribution in [3.8, 4) is 11.3 Å². The van der Waals surface area contributed by atoms with Crippen LogP contribution in [0.1, 0.15) is 62.3 Å². The first-order valence-electron chi connectivity index (χ1n) is 12.7. The van der Waals surface area contributed by atoms with Crippen molar-refractivity contribution in [1.82, 2.24) is 34.9 Å². The van der Waals surface area contributed by atoms with Crippen LogP contribution in [0.4, 0.5) is 11.8 Å². The maximum Gasteiger partial charge on any atom is 0.277 e. The third kappa shape index (κ3) is 5.68. The highest BCUT2D eigenvalue weighted by atomic mass is 127. The van der Waals surface area contributed by atoms with Crippen LogP contribution in [0.5, 0.6) is 0 Å². The molecule has 11 nitrogen and oxygen atoms in total. The lowest BCUT2D eigenvalue weighted by atomic mass is 9.97. The number of carbonyl (C=O) groups excluding carboxylic acids is 2. The van der Waals surface area contributed by atoms with E-state index in [1.807, 2.05) is 26.0 Å². The number of anilines is 2. The highest BCUT2D eigenvalue weighted by Crippen LogP contribution is 2.37. The SMILES string of the molecule is Cc1nc(N2CCCC2=O)ncc1Cn1cc(NC(=O)c2nc(-c3c(C(C)I)ccc(Cl)c3C)cnc2C)nn1. The van der Waals surface area contributed by atoms with Gasteiger partial charge in [0.25, 0.3) is 5.91 Å². The van der Waals surface area contributed by atoms with E-state index in [1.54, 1.807) is 35.1 Å². The number of rotatable bonds is 7. The summed E-state index contributed by atoms with van der Waals surface area (Å²) in [6, 6.07) is 3.85. The largest absolute Gasteiger partial charge is 0.302 e. The van der Waals surface area contributed by atoms with Gasteiger partial charge in [0.1, 0.15) is 5.69 Å². The molecule has 40 heavy (non-hydrogen) atoms. The maximum absolute atomic E-state index is 13.2. The van der Waals surface area contributed by atoms with Crippen LogP contribution >= 0.6 is 34.2 Å². The second-order valence-corrected chi connectivity index (χ2v) is 11.9. The zero-order valence-corrected chi connectivity index (χ0v) is 25.4. The number of benzene rings is 1. The molecule has 0 radical (unpaired) electrons. The number of aromatic nitrogens is 7. The van der Waals surface area contributed by atoms with Gasteiger partial charge in [-0.2, -0.15) is 0 Å². The van der Waals surface area contributed by atoms with E-state index in [4.69, 9.17) is 11.6 Å². The van der Waals surface area contributed by atoms with Crippen molar-refractivity contribution < 1.29 is 9.59 Å². The Hall–Kier alpha value is -3.52. The highest BCUT2D eigenvalue weighted by molar-refractivity contribution is 14.1. The molecule has 1 saturated heterocycles. The molecule has 0 saturated carbocycles. The summed E-state index contributed by atoms with van der Waals surface area (Å²) >= 11 is 8.77. The van der Waals surface area contributed by atoms with Gasteiger partial charge >= 0.3 is 0 Å². The van der Waals surface area contributed by atoms with E-state index in [-0.39, 0.29) is 21.3 Å². The lowest BCUT2D eigenvalue weighted by Crippen LogP contribution is -2.26. The van der Waals surface area contributed by atoms with Gasteiger partial charge in [-0.15, -0.1) is 5.10 Å². The number of nitrogens with zero attached hydrogens (tertiary/aromatic N) is 8. The van der Waals surface area contributed by atoms with E-state index in [1.165, 1.54) is 0 Å². The predicted molar refractivity (Wildman–Crippen MR) is 160 cm³/mol. The molecule has 0 aliphatic carbocycles. The Kier molecular flexibility index (Phi) is 8.08. The molecule has 1 aliphatic rings. The number of halogens is 2. The first-order valence-corrected chi connectivity index (χ1v) is 14.4. The standard InChI is InChI=1S/C27H27ClIN9O2/c1-14-20(28)8-7-19(15(2)29)24(14)21-11-30-17(4)25(33-21)26(40)34-22-13-37(36-35-22)12-18-10-31-27(32-16(18)3)38-9-5-6-23(38)39/h7-8,10-11,13,15H,5-6,9,12H2,1-4H3,(H,34,40). The lowest BCUT2D eigenvalue weighted by Gasteiger charge is -2.16. The Labute approximate surface area is 249 Å². The van der Waals surface area contributed by atoms with Gasteiger partial charge in [-0.25, -0.2) is 19.6 Å². The smallest absolute Gasteiger partial charge is 0.277 e. The number of alkyl halides is 1. The summed E-state index contributed by atoms with van der Waals surface area (Å²) in [7, 11) is 0. The minimum Gasteiger partial charge on any atom is -0.302 e. The molecule has 13 heteroatoms. The quantitative estimate of drug-likeness (QED) is 0.214. The molecule has 4 heterocycles. The van der Waals surface area contributed by atoms with Crippen molar-refractivity contribution >= 4 is 57.8 Å². The zero-order chi connectivity index (χ0) is 28.6. The maximum atomic E-state index is 13.2. The Morgan fingerprint density at radius 3 is 2.65 bits per heavy atom. The van der Waals surface area contributed by atoms with Gasteiger partial charge in [-0.05, 0) is 51.3 Å². The number of hydrogen-bond donors (Lipinski definition) is 1. The summed E-state index contributed by atoms with van der Waals surface area (Å²) < 4.78 is 1.78. The molecule has 1 fully saturated rings. The van der Waals surface area contributed by atoms with Crippen LogP contribution in [0.3, 0.4) is 0 Å². The predicted octanol–water partition coefficient (Wildman–Crippen LogP) is 5.03. The van der Waals surface area contributed by atoms with Crippen LogP contribution < -0.4 is 10.2 Å². The number of carbonyl (C=O) groups is 2. The Morgan fingerprint density at radius 2 is 1.95 bits per heavy atom. The molecule has 1 aromatic carbocycles. The van der Waals surface area contributed by atoms with Gasteiger partial charge in [0.15, 0.2) is 5.82 Å². The topological polar surface area (TPSA) is 132 Å². The van der Waals surface area contributed by atoms with E-state index in [0.717, 1.165) is 34.4 Å². The summed E-state index contributed by atoms with van der Waals surface area (Å²) in [6.45, 7) is 8.60. The third-order valence-corrected chi connectivity index (χ3v) is 7.86. The van der Waals surface area contributed by atoms with Crippen LogP contribution in [0.15, 0.2) is 30.7 Å². The molecular formula is C27H27ClIN9O2. The van der Waals surface area contributed by atoms with Crippen LogP contribution in [0.2, 0.25) is 5.02 Å². The molecule has 4 aromatic rings. The summed E-state index contributed by atoms with van der Waals surface area (Å²) in [5.41, 5.74) is 5.64. The van der Waals surface area contributed by atoms with E-state index in [2.05, 4.69) is 65.1 Å². The van der Waals surface area contributed by atoms with E-state index in [0.29, 0.717) is 41.9 Å². The fourth-order valence-corrected chi connectivity index (χ4v) is 5.25. The molecule has 0 bridgehead atoms. The molecule has 5 rings (SSSR count). The molecule has 2 amide bonds. The summed E-state index contributed by atoms with van der Waals surface area (Å²) in [5.74, 6) is 0.288. The average Bonchev–Trinajstić information content (AvgIpc) is 3.55. The second-order valence-electron chi connectivity index (χ2n) is 9.63. The van der Waals surface area contributed by atoms with E-state index >= 15 is 0 Å². The second kappa shape index (κ2) is 11.5. The molecular weight excluding hydrogens is 645 g/mol. The first-order chi connectivity index (χ1) is 19.1. The van der Waals surface area contributed by atoms with Gasteiger partial charge in [-0.3, -0.25) is 19.5 Å². The molecule has 1 N–H and O–H groups in total. The molecule has 1 aliphatic heterocycles. The Morgan fingerprint density at radius 1 is 1.15 bits per heavy atom. The fourth-order valence-electron chi connectivity index (χ4n) is 4.57. The normalized spacial score (nSPS) is 14.1. The minimum atomic E-state index is -0.443. The summed E-state index contributed by atoms with van der Waals surface area (Å²) in [5, 5.41) is 11.6. The summed E-state index contributed by atoms with van der Waals surface area (Å²) in [4.78, 5) is 44.9. The lowest BCUT2D eigenvalue weighted by molar-refractivity contribution is -0.117. The van der Waals surface area contributed by atoms with Crippen LogP contribution in [0, 0.1) is 20.8 Å². The van der Waals surface area contributed by atoms with Crippen molar-refractivity contribution in [3.05, 3.63) is 69.5 Å². The van der Waals surface area contributed by atoms with Crippen molar-refractivity contribution in [1.29, 1.82) is 0 Å². The molecule has 206 valence electrons. The monoisotopic (exact) mass is 671 g/mol. The van der Waals surface area contributed by atoms with Crippen molar-refractivity contribution in [3.63, 3.8) is 0 Å². The molecule has 0 spiro atoms. The van der Waals surface area contributed by atoms with Crippen LogP contribution in [0.25, 0.3) is 11.3 Å². The minimum absolute atomic E-state index is 0.0389. The number of hydrogen-bond acceptors (Lipinski definition) is 8. The van der Waals surface area contributed by atoms with Gasteiger partial charge in [0, 0.05) is 44.9 Å². The molecule has 1 atom stereocenters. The van der Waals surface area contributed by atoms with E-state index < -0.39 is 5.91 Å². The van der Waals surface area contributed by atoms with Crippen molar-refractivity contribution in [2.75, 3.05) is 16.8 Å². The van der Waals surface area contributed by atoms with Crippen LogP contribution in [-0.2, 0) is 11.3 Å². The number of aryl methyl sites for hydroxylation is 2. The van der Waals surface area contributed by atoms with Gasteiger partial charge in [-0.1, -0.05) is 45.5 Å². The average molecular weight is 672 g/mol. The molecule has 3 aromatic heterocycles. The fraction of sp³-hybridized carbons (Fsp3) is 0.333. The summed E-state index contributed by atoms with van der Waals surface area (Å²) in [6.07, 6.45) is 6.31. The number of amides is 2. The van der Waals surface area contributed by atoms with Gasteiger partial charge in [0.05, 0.1) is 30.3 Å². The highest BCUT2D eigenvalue weighted by Gasteiger charge is 2.24. The van der Waals surface area contributed by atoms with Gasteiger partial charge in [0.2, 0.25) is 11.9 Å². The third-order valence-electron chi connectivity index (χ3n) is 6.78. The van der Waals surface area contributed by atoms with Crippen molar-refractivity contribution in [2.24, 2.45) is 0 Å². The van der Waals surface area contributed by atoms with Crippen molar-refractivity contribution in [2.45, 2.75) is 51.0 Å². The van der Waals surface area contributed by atoms with E-state index in [9.17, 15) is 9.59 Å².